The highest BCUT2D eigenvalue weighted by molar-refractivity contribution is 5.52. The predicted octanol–water partition coefficient (Wildman–Crippen LogP) is 2.42. The highest BCUT2D eigenvalue weighted by Gasteiger charge is 2.21. The number of aromatic nitrogens is 2. The van der Waals surface area contributed by atoms with Crippen molar-refractivity contribution in [1.29, 1.82) is 0 Å². The molecule has 0 aliphatic carbocycles. The average Bonchev–Trinajstić information content (AvgIpc) is 2.91. The maximum Gasteiger partial charge on any atom is 0.320 e. The molecule has 0 spiro atoms. The summed E-state index contributed by atoms with van der Waals surface area (Å²) in [6.07, 6.45) is 1.97. The van der Waals surface area contributed by atoms with E-state index in [-0.39, 0.29) is 11.8 Å². The maximum absolute atomic E-state index is 13.5. The summed E-state index contributed by atoms with van der Waals surface area (Å²) in [5.41, 5.74) is 0.336. The van der Waals surface area contributed by atoms with Gasteiger partial charge in [-0.2, -0.15) is 0 Å². The van der Waals surface area contributed by atoms with Crippen LogP contribution in [0.1, 0.15) is 24.7 Å². The van der Waals surface area contributed by atoms with Crippen LogP contribution in [0.15, 0.2) is 28.7 Å². The lowest BCUT2D eigenvalue weighted by Gasteiger charge is -2.18. The Balaban J connectivity index is 1.73. The normalized spacial score (nSPS) is 16.5. The summed E-state index contributed by atoms with van der Waals surface area (Å²) in [6.45, 7) is 1.92. The van der Waals surface area contributed by atoms with Gasteiger partial charge in [0.1, 0.15) is 5.82 Å². The van der Waals surface area contributed by atoms with E-state index < -0.39 is 0 Å². The van der Waals surface area contributed by atoms with Crippen molar-refractivity contribution >= 4 is 11.7 Å². The number of nitrogens with one attached hydrogen (secondary N) is 2. The Labute approximate surface area is 110 Å². The highest BCUT2D eigenvalue weighted by atomic mass is 19.1. The summed E-state index contributed by atoms with van der Waals surface area (Å²) in [7, 11) is 0. The average molecular weight is 262 g/mol. The number of para-hydroxylation sites is 1. The van der Waals surface area contributed by atoms with E-state index in [0.29, 0.717) is 17.5 Å². The SMILES string of the molecule is Fc1ccccc1Nc1nnc(C2CCNCC2)o1. The fourth-order valence-corrected chi connectivity index (χ4v) is 2.20. The van der Waals surface area contributed by atoms with Crippen LogP contribution < -0.4 is 10.6 Å². The number of rotatable bonds is 3. The smallest absolute Gasteiger partial charge is 0.320 e. The molecule has 19 heavy (non-hydrogen) atoms. The summed E-state index contributed by atoms with van der Waals surface area (Å²) in [6, 6.07) is 6.62. The van der Waals surface area contributed by atoms with Crippen molar-refractivity contribution in [3.8, 4) is 0 Å². The Bertz CT molecular complexity index is 551. The second kappa shape index (κ2) is 5.36. The molecule has 0 bridgehead atoms. The molecule has 0 atom stereocenters. The van der Waals surface area contributed by atoms with E-state index in [9.17, 15) is 4.39 Å². The first-order valence-electron chi connectivity index (χ1n) is 6.38. The molecule has 0 radical (unpaired) electrons. The minimum absolute atomic E-state index is 0.235. The van der Waals surface area contributed by atoms with Crippen molar-refractivity contribution in [3.05, 3.63) is 36.0 Å². The van der Waals surface area contributed by atoms with Crippen LogP contribution in [0.2, 0.25) is 0 Å². The van der Waals surface area contributed by atoms with E-state index in [0.717, 1.165) is 25.9 Å². The maximum atomic E-state index is 13.5. The lowest BCUT2D eigenvalue weighted by Crippen LogP contribution is -2.26. The summed E-state index contributed by atoms with van der Waals surface area (Å²) in [4.78, 5) is 0. The Morgan fingerprint density at radius 3 is 2.79 bits per heavy atom. The molecule has 2 aromatic rings. The minimum atomic E-state index is -0.343. The molecule has 0 amide bonds. The lowest BCUT2D eigenvalue weighted by atomic mass is 9.98. The van der Waals surface area contributed by atoms with Crippen LogP contribution >= 0.6 is 0 Å². The number of nitrogens with zero attached hydrogens (tertiary/aromatic N) is 2. The molecule has 1 fully saturated rings. The third-order valence-corrected chi connectivity index (χ3v) is 3.24. The van der Waals surface area contributed by atoms with Gasteiger partial charge in [-0.1, -0.05) is 17.2 Å². The van der Waals surface area contributed by atoms with E-state index in [2.05, 4.69) is 20.8 Å². The molecule has 0 saturated carbocycles. The number of anilines is 2. The van der Waals surface area contributed by atoms with Gasteiger partial charge >= 0.3 is 6.01 Å². The van der Waals surface area contributed by atoms with Crippen molar-refractivity contribution in [2.24, 2.45) is 0 Å². The minimum Gasteiger partial charge on any atom is -0.408 e. The van der Waals surface area contributed by atoms with E-state index >= 15 is 0 Å². The second-order valence-electron chi connectivity index (χ2n) is 4.57. The van der Waals surface area contributed by atoms with Crippen LogP contribution in [-0.4, -0.2) is 23.3 Å². The largest absolute Gasteiger partial charge is 0.408 e. The number of halogens is 1. The van der Waals surface area contributed by atoms with Gasteiger partial charge in [-0.05, 0) is 38.1 Å². The molecule has 0 unspecified atom stereocenters. The molecule has 1 aliphatic heterocycles. The summed E-state index contributed by atoms with van der Waals surface area (Å²) < 4.78 is 19.0. The van der Waals surface area contributed by atoms with Gasteiger partial charge in [0.15, 0.2) is 0 Å². The summed E-state index contributed by atoms with van der Waals surface area (Å²) in [5, 5.41) is 14.0. The van der Waals surface area contributed by atoms with Crippen molar-refractivity contribution < 1.29 is 8.81 Å². The number of benzene rings is 1. The Morgan fingerprint density at radius 2 is 2.00 bits per heavy atom. The van der Waals surface area contributed by atoms with Crippen LogP contribution in [0.5, 0.6) is 0 Å². The monoisotopic (exact) mass is 262 g/mol. The Kier molecular flexibility index (Phi) is 3.41. The standard InChI is InChI=1S/C13H15FN4O/c14-10-3-1-2-4-11(10)16-13-18-17-12(19-13)9-5-7-15-8-6-9/h1-4,9,15H,5-8H2,(H,16,18). The molecule has 100 valence electrons. The lowest BCUT2D eigenvalue weighted by molar-refractivity contribution is 0.379. The summed E-state index contributed by atoms with van der Waals surface area (Å²) in [5.74, 6) is 0.578. The molecule has 1 aliphatic rings. The van der Waals surface area contributed by atoms with Gasteiger partial charge in [0, 0.05) is 5.92 Å². The first-order chi connectivity index (χ1) is 9.33. The van der Waals surface area contributed by atoms with E-state index in [4.69, 9.17) is 4.42 Å². The Hall–Kier alpha value is -1.95. The van der Waals surface area contributed by atoms with Crippen molar-refractivity contribution in [2.75, 3.05) is 18.4 Å². The molecule has 5 nitrogen and oxygen atoms in total. The molecular formula is C13H15FN4O. The van der Waals surface area contributed by atoms with Crippen LogP contribution in [0.3, 0.4) is 0 Å². The van der Waals surface area contributed by atoms with Crippen molar-refractivity contribution in [1.82, 2.24) is 15.5 Å². The number of piperidine rings is 1. The van der Waals surface area contributed by atoms with E-state index in [1.54, 1.807) is 18.2 Å². The molecular weight excluding hydrogens is 247 g/mol. The quantitative estimate of drug-likeness (QED) is 0.889. The van der Waals surface area contributed by atoms with Crippen LogP contribution in [0, 0.1) is 5.82 Å². The number of hydrogen-bond donors (Lipinski definition) is 2. The summed E-state index contributed by atoms with van der Waals surface area (Å²) >= 11 is 0. The van der Waals surface area contributed by atoms with Gasteiger partial charge in [0.25, 0.3) is 0 Å². The topological polar surface area (TPSA) is 63.0 Å². The van der Waals surface area contributed by atoms with Gasteiger partial charge in [-0.3, -0.25) is 0 Å². The molecule has 1 saturated heterocycles. The van der Waals surface area contributed by atoms with Gasteiger partial charge in [0.2, 0.25) is 5.89 Å². The van der Waals surface area contributed by atoms with Crippen molar-refractivity contribution in [3.63, 3.8) is 0 Å². The molecule has 1 aromatic heterocycles. The first kappa shape index (κ1) is 12.1. The van der Waals surface area contributed by atoms with E-state index in [1.165, 1.54) is 6.07 Å². The molecule has 2 heterocycles. The predicted molar refractivity (Wildman–Crippen MR) is 68.8 cm³/mol. The Morgan fingerprint density at radius 1 is 1.21 bits per heavy atom. The first-order valence-corrected chi connectivity index (χ1v) is 6.38. The third-order valence-electron chi connectivity index (χ3n) is 3.24. The van der Waals surface area contributed by atoms with Crippen LogP contribution in [-0.2, 0) is 0 Å². The molecule has 3 rings (SSSR count). The zero-order valence-corrected chi connectivity index (χ0v) is 10.4. The third kappa shape index (κ3) is 2.73. The van der Waals surface area contributed by atoms with Crippen molar-refractivity contribution in [2.45, 2.75) is 18.8 Å². The van der Waals surface area contributed by atoms with Gasteiger partial charge in [-0.25, -0.2) is 4.39 Å². The molecule has 6 heteroatoms. The fraction of sp³-hybridized carbons (Fsp3) is 0.385. The van der Waals surface area contributed by atoms with Gasteiger partial charge in [-0.15, -0.1) is 5.10 Å². The van der Waals surface area contributed by atoms with E-state index in [1.807, 2.05) is 0 Å². The zero-order chi connectivity index (χ0) is 13.1. The van der Waals surface area contributed by atoms with Gasteiger partial charge in [0.05, 0.1) is 5.69 Å². The zero-order valence-electron chi connectivity index (χ0n) is 10.4. The van der Waals surface area contributed by atoms with Crippen LogP contribution in [0.4, 0.5) is 16.1 Å². The molecule has 1 aromatic carbocycles. The van der Waals surface area contributed by atoms with Crippen LogP contribution in [0.25, 0.3) is 0 Å². The fourth-order valence-electron chi connectivity index (χ4n) is 2.20. The molecule has 2 N–H and O–H groups in total. The van der Waals surface area contributed by atoms with Gasteiger partial charge < -0.3 is 15.1 Å². The second-order valence-corrected chi connectivity index (χ2v) is 4.57. The number of hydrogen-bond acceptors (Lipinski definition) is 5. The highest BCUT2D eigenvalue weighted by Crippen LogP contribution is 2.26.